The van der Waals surface area contributed by atoms with Crippen LogP contribution in [0.25, 0.3) is 0 Å². The lowest BCUT2D eigenvalue weighted by Gasteiger charge is -2.23. The molecule has 1 aromatic heterocycles. The van der Waals surface area contributed by atoms with Crippen LogP contribution in [0.5, 0.6) is 0 Å². The molecule has 76 valence electrons. The molecule has 0 saturated carbocycles. The second-order valence-corrected chi connectivity index (χ2v) is 3.61. The highest BCUT2D eigenvalue weighted by Crippen LogP contribution is 2.26. The summed E-state index contributed by atoms with van der Waals surface area (Å²) in [6.07, 6.45) is 4.06. The Labute approximate surface area is 82.9 Å². The summed E-state index contributed by atoms with van der Waals surface area (Å²) < 4.78 is 0. The number of hydrogen-bond acceptors (Lipinski definition) is 5. The normalized spacial score (nSPS) is 22.1. The first-order valence-corrected chi connectivity index (χ1v) is 4.86. The largest absolute Gasteiger partial charge is 0.383 e. The van der Waals surface area contributed by atoms with E-state index in [1.165, 1.54) is 6.42 Å². The number of nitrogen functional groups attached to an aromatic ring is 2. The van der Waals surface area contributed by atoms with Gasteiger partial charge in [0.1, 0.15) is 5.82 Å². The summed E-state index contributed by atoms with van der Waals surface area (Å²) in [6.45, 7) is 2.05. The molecule has 1 aliphatic heterocycles. The number of rotatable bonds is 1. The summed E-state index contributed by atoms with van der Waals surface area (Å²) in [5, 5.41) is 3.33. The first kappa shape index (κ1) is 9.21. The third kappa shape index (κ3) is 1.77. The van der Waals surface area contributed by atoms with E-state index in [1.807, 2.05) is 0 Å². The standard InChI is InChI=1S/C9H15N5/c10-8-7(5-13-9(11)14-8)6-2-1-3-12-4-6/h5-6,12H,1-4H2,(H4,10,11,13,14). The molecule has 0 radical (unpaired) electrons. The second kappa shape index (κ2) is 3.79. The van der Waals surface area contributed by atoms with Crippen LogP contribution in [-0.2, 0) is 0 Å². The van der Waals surface area contributed by atoms with Crippen molar-refractivity contribution in [3.63, 3.8) is 0 Å². The molecule has 0 amide bonds. The zero-order chi connectivity index (χ0) is 9.97. The van der Waals surface area contributed by atoms with Gasteiger partial charge in [0.05, 0.1) is 0 Å². The summed E-state index contributed by atoms with van der Waals surface area (Å²) in [4.78, 5) is 7.94. The zero-order valence-electron chi connectivity index (χ0n) is 8.03. The van der Waals surface area contributed by atoms with Gasteiger partial charge in [-0.3, -0.25) is 0 Å². The van der Waals surface area contributed by atoms with Gasteiger partial charge in [-0.15, -0.1) is 0 Å². The number of nitrogens with two attached hydrogens (primary N) is 2. The van der Waals surface area contributed by atoms with Crippen molar-refractivity contribution in [2.24, 2.45) is 0 Å². The minimum atomic E-state index is 0.245. The lowest BCUT2D eigenvalue weighted by atomic mass is 9.93. The molecule has 1 fully saturated rings. The summed E-state index contributed by atoms with van der Waals surface area (Å²) in [6, 6.07) is 0. The molecule has 1 aliphatic rings. The fourth-order valence-corrected chi connectivity index (χ4v) is 1.85. The van der Waals surface area contributed by atoms with Crippen LogP contribution in [0.1, 0.15) is 24.3 Å². The molecule has 0 aromatic carbocycles. The number of piperidine rings is 1. The highest BCUT2D eigenvalue weighted by molar-refractivity contribution is 5.43. The SMILES string of the molecule is Nc1ncc(C2CCCNC2)c(N)n1. The molecule has 5 heteroatoms. The molecule has 1 aromatic rings. The molecule has 14 heavy (non-hydrogen) atoms. The van der Waals surface area contributed by atoms with Crippen molar-refractivity contribution in [1.82, 2.24) is 15.3 Å². The molecule has 0 aliphatic carbocycles. The molecule has 1 unspecified atom stereocenters. The van der Waals surface area contributed by atoms with Crippen molar-refractivity contribution in [2.45, 2.75) is 18.8 Å². The van der Waals surface area contributed by atoms with E-state index in [0.717, 1.165) is 25.1 Å². The fraction of sp³-hybridized carbons (Fsp3) is 0.556. The molecular weight excluding hydrogens is 178 g/mol. The van der Waals surface area contributed by atoms with Crippen molar-refractivity contribution in [3.05, 3.63) is 11.8 Å². The van der Waals surface area contributed by atoms with Gasteiger partial charge < -0.3 is 16.8 Å². The maximum Gasteiger partial charge on any atom is 0.221 e. The summed E-state index contributed by atoms with van der Waals surface area (Å²) in [7, 11) is 0. The van der Waals surface area contributed by atoms with Crippen LogP contribution < -0.4 is 16.8 Å². The monoisotopic (exact) mass is 193 g/mol. The number of nitrogens with one attached hydrogen (secondary N) is 1. The topological polar surface area (TPSA) is 89.8 Å². The van der Waals surface area contributed by atoms with E-state index >= 15 is 0 Å². The van der Waals surface area contributed by atoms with E-state index in [1.54, 1.807) is 6.20 Å². The Morgan fingerprint density at radius 3 is 2.93 bits per heavy atom. The van der Waals surface area contributed by atoms with Gasteiger partial charge in [-0.05, 0) is 19.4 Å². The molecule has 1 saturated heterocycles. The molecule has 2 rings (SSSR count). The van der Waals surface area contributed by atoms with E-state index in [2.05, 4.69) is 15.3 Å². The molecule has 1 atom stereocenters. The van der Waals surface area contributed by atoms with E-state index < -0.39 is 0 Å². The Bertz CT molecular complexity index is 319. The Kier molecular flexibility index (Phi) is 2.49. The van der Waals surface area contributed by atoms with Crippen LogP contribution >= 0.6 is 0 Å². The van der Waals surface area contributed by atoms with E-state index in [0.29, 0.717) is 11.7 Å². The summed E-state index contributed by atoms with van der Waals surface area (Å²) >= 11 is 0. The average Bonchev–Trinajstić information content (AvgIpc) is 2.19. The Morgan fingerprint density at radius 2 is 2.29 bits per heavy atom. The van der Waals surface area contributed by atoms with Crippen molar-refractivity contribution < 1.29 is 0 Å². The van der Waals surface area contributed by atoms with E-state index in [-0.39, 0.29) is 5.95 Å². The van der Waals surface area contributed by atoms with Gasteiger partial charge in [-0.1, -0.05) is 0 Å². The Morgan fingerprint density at radius 1 is 1.43 bits per heavy atom. The van der Waals surface area contributed by atoms with Gasteiger partial charge in [-0.2, -0.15) is 4.98 Å². The minimum absolute atomic E-state index is 0.245. The third-order valence-electron chi connectivity index (χ3n) is 2.60. The van der Waals surface area contributed by atoms with Crippen molar-refractivity contribution >= 4 is 11.8 Å². The van der Waals surface area contributed by atoms with E-state index in [9.17, 15) is 0 Å². The lowest BCUT2D eigenvalue weighted by molar-refractivity contribution is 0.461. The fourth-order valence-electron chi connectivity index (χ4n) is 1.85. The number of anilines is 2. The molecule has 5 nitrogen and oxygen atoms in total. The van der Waals surface area contributed by atoms with Crippen molar-refractivity contribution in [1.29, 1.82) is 0 Å². The summed E-state index contributed by atoms with van der Waals surface area (Å²) in [5.41, 5.74) is 12.3. The highest BCUT2D eigenvalue weighted by atomic mass is 15.0. The molecule has 0 spiro atoms. The maximum atomic E-state index is 5.79. The maximum absolute atomic E-state index is 5.79. The van der Waals surface area contributed by atoms with Crippen LogP contribution in [-0.4, -0.2) is 23.1 Å². The van der Waals surface area contributed by atoms with Gasteiger partial charge in [0.25, 0.3) is 0 Å². The Hall–Kier alpha value is -1.36. The predicted molar refractivity (Wildman–Crippen MR) is 55.7 cm³/mol. The van der Waals surface area contributed by atoms with Gasteiger partial charge >= 0.3 is 0 Å². The molecule has 2 heterocycles. The molecule has 0 bridgehead atoms. The quantitative estimate of drug-likeness (QED) is 0.589. The van der Waals surface area contributed by atoms with Crippen LogP contribution in [0.15, 0.2) is 6.20 Å². The first-order chi connectivity index (χ1) is 6.77. The van der Waals surface area contributed by atoms with Gasteiger partial charge in [-0.25, -0.2) is 4.98 Å². The number of hydrogen-bond donors (Lipinski definition) is 3. The van der Waals surface area contributed by atoms with Crippen LogP contribution in [0, 0.1) is 0 Å². The first-order valence-electron chi connectivity index (χ1n) is 4.86. The van der Waals surface area contributed by atoms with E-state index in [4.69, 9.17) is 11.5 Å². The van der Waals surface area contributed by atoms with Crippen LogP contribution in [0.3, 0.4) is 0 Å². The molecule has 5 N–H and O–H groups in total. The lowest BCUT2D eigenvalue weighted by Crippen LogP contribution is -2.29. The summed E-state index contributed by atoms with van der Waals surface area (Å²) in [5.74, 6) is 1.20. The minimum Gasteiger partial charge on any atom is -0.383 e. The zero-order valence-corrected chi connectivity index (χ0v) is 8.03. The predicted octanol–water partition coefficient (Wildman–Crippen LogP) is 0.108. The van der Waals surface area contributed by atoms with Gasteiger partial charge in [0, 0.05) is 24.2 Å². The average molecular weight is 193 g/mol. The van der Waals surface area contributed by atoms with Gasteiger partial charge in [0.2, 0.25) is 5.95 Å². The third-order valence-corrected chi connectivity index (χ3v) is 2.60. The van der Waals surface area contributed by atoms with Gasteiger partial charge in [0.15, 0.2) is 0 Å². The Balaban J connectivity index is 2.22. The van der Waals surface area contributed by atoms with Crippen LogP contribution in [0.4, 0.5) is 11.8 Å². The van der Waals surface area contributed by atoms with Crippen molar-refractivity contribution in [2.75, 3.05) is 24.6 Å². The smallest absolute Gasteiger partial charge is 0.221 e. The number of nitrogens with zero attached hydrogens (tertiary/aromatic N) is 2. The number of aromatic nitrogens is 2. The second-order valence-electron chi connectivity index (χ2n) is 3.61. The highest BCUT2D eigenvalue weighted by Gasteiger charge is 2.18. The molecular formula is C9H15N5. The van der Waals surface area contributed by atoms with Crippen molar-refractivity contribution in [3.8, 4) is 0 Å². The van der Waals surface area contributed by atoms with Crippen LogP contribution in [0.2, 0.25) is 0 Å².